The van der Waals surface area contributed by atoms with Gasteiger partial charge >= 0.3 is 14.2 Å². The predicted molar refractivity (Wildman–Crippen MR) is 143 cm³/mol. The Bertz CT molecular complexity index is 1380. The number of nitrogens with one attached hydrogen (secondary N) is 2. The molecule has 0 saturated carbocycles. The molecule has 3 aromatic rings. The zero-order chi connectivity index (χ0) is 29.3. The van der Waals surface area contributed by atoms with Crippen molar-refractivity contribution in [1.82, 2.24) is 14.6 Å². The Kier molecular flexibility index (Phi) is 11.4. The van der Waals surface area contributed by atoms with Crippen LogP contribution < -0.4 is 20.9 Å². The molecule has 2 N–H and O–H groups in total. The van der Waals surface area contributed by atoms with Crippen molar-refractivity contribution in [3.8, 4) is 5.75 Å². The van der Waals surface area contributed by atoms with E-state index in [-0.39, 0.29) is 19.4 Å². The van der Waals surface area contributed by atoms with E-state index < -0.39 is 50.5 Å². The molecule has 2 heterocycles. The number of nitrogens with zero attached hydrogens (tertiary/aromatic N) is 1. The summed E-state index contributed by atoms with van der Waals surface area (Å²) in [5.41, 5.74) is -4.32. The molecule has 1 aliphatic rings. The summed E-state index contributed by atoms with van der Waals surface area (Å²) in [6.45, 7) is 3.22. The molecule has 0 spiro atoms. The fraction of sp³-hybridized carbons (Fsp3) is 0.423. The van der Waals surface area contributed by atoms with Crippen molar-refractivity contribution in [2.24, 2.45) is 0 Å². The fourth-order valence-electron chi connectivity index (χ4n) is 3.71. The first-order chi connectivity index (χ1) is 19.1. The van der Waals surface area contributed by atoms with Crippen LogP contribution in [0.3, 0.4) is 0 Å². The van der Waals surface area contributed by atoms with E-state index in [9.17, 15) is 27.6 Å². The largest absolute Gasteiger partial charge is 0.435 e. The summed E-state index contributed by atoms with van der Waals surface area (Å²) in [5, 5.41) is 4.39. The molecule has 0 aliphatic carbocycles. The highest BCUT2D eigenvalue weighted by Gasteiger charge is 2.49. The summed E-state index contributed by atoms with van der Waals surface area (Å²) in [5.74, 6) is -0.816. The van der Waals surface area contributed by atoms with Gasteiger partial charge in [0.2, 0.25) is 5.82 Å². The zero-order valence-electron chi connectivity index (χ0n) is 22.1. The van der Waals surface area contributed by atoms with Crippen LogP contribution in [-0.2, 0) is 18.8 Å². The number of carbonyl (C=O) groups is 1. The van der Waals surface area contributed by atoms with E-state index in [2.05, 4.69) is 5.09 Å². The average Bonchev–Trinajstić information content (AvgIpc) is 3.38. The SMILES string of the molecule is COC(C)C.O=CCNP(OCC1(C(F)F)CCC(n2cc(F)c(=O)[nH]c2=O)O1)Oc1cccc2ccccc12. The maximum absolute atomic E-state index is 14.1. The Morgan fingerprint density at radius 1 is 1.23 bits per heavy atom. The first-order valence-corrected chi connectivity index (χ1v) is 13.5. The molecule has 1 fully saturated rings. The molecule has 40 heavy (non-hydrogen) atoms. The highest BCUT2D eigenvalue weighted by molar-refractivity contribution is 7.45. The predicted octanol–water partition coefficient (Wildman–Crippen LogP) is 4.29. The van der Waals surface area contributed by atoms with Crippen LogP contribution in [0.1, 0.15) is 32.9 Å². The number of ether oxygens (including phenoxy) is 2. The quantitative estimate of drug-likeness (QED) is 0.253. The number of hydrogen-bond acceptors (Lipinski definition) is 8. The molecule has 14 heteroatoms. The van der Waals surface area contributed by atoms with Crippen LogP contribution in [0.2, 0.25) is 0 Å². The molecule has 218 valence electrons. The van der Waals surface area contributed by atoms with Gasteiger partial charge in [-0.3, -0.25) is 14.3 Å². The minimum atomic E-state index is -3.02. The normalized spacial score (nSPS) is 19.4. The van der Waals surface area contributed by atoms with Gasteiger partial charge in [-0.25, -0.2) is 18.7 Å². The van der Waals surface area contributed by atoms with Crippen LogP contribution in [0.25, 0.3) is 10.8 Å². The standard InChI is InChI=1S/C22H21F3N3O6P.C4H10O/c23-16-12-28(21(31)27-19(16)30)18-8-9-22(33-18,20(24)25)13-32-35(26-10-11-29)34-17-7-3-5-14-4-1-2-6-15(14)17;1-4(2)5-3/h1-7,11-12,18,20,26H,8-10,13H2,(H,27,30,31);4H,1-3H3. The van der Waals surface area contributed by atoms with E-state index in [0.717, 1.165) is 15.3 Å². The van der Waals surface area contributed by atoms with Gasteiger partial charge in [0, 0.05) is 12.5 Å². The minimum Gasteiger partial charge on any atom is -0.435 e. The maximum Gasteiger partial charge on any atom is 0.330 e. The van der Waals surface area contributed by atoms with Gasteiger partial charge in [0.1, 0.15) is 18.3 Å². The van der Waals surface area contributed by atoms with Gasteiger partial charge in [0.25, 0.3) is 12.0 Å². The molecule has 1 aliphatic heterocycles. The molecule has 3 atom stereocenters. The number of aromatic amines is 1. The Hall–Kier alpha value is -3.09. The lowest BCUT2D eigenvalue weighted by Gasteiger charge is -2.30. The molecule has 1 saturated heterocycles. The second-order valence-corrected chi connectivity index (χ2v) is 10.3. The van der Waals surface area contributed by atoms with Crippen molar-refractivity contribution < 1.29 is 36.5 Å². The number of aromatic nitrogens is 2. The first-order valence-electron chi connectivity index (χ1n) is 12.4. The zero-order valence-corrected chi connectivity index (χ0v) is 23.0. The molecule has 3 unspecified atom stereocenters. The number of H-pyrrole nitrogens is 1. The third-order valence-corrected chi connectivity index (χ3v) is 7.12. The van der Waals surface area contributed by atoms with Crippen molar-refractivity contribution in [1.29, 1.82) is 0 Å². The lowest BCUT2D eigenvalue weighted by Crippen LogP contribution is -2.43. The van der Waals surface area contributed by atoms with Crippen molar-refractivity contribution in [3.63, 3.8) is 0 Å². The van der Waals surface area contributed by atoms with Crippen LogP contribution in [0.5, 0.6) is 5.75 Å². The van der Waals surface area contributed by atoms with Gasteiger partial charge in [0.05, 0.1) is 25.5 Å². The molecular formula is C26H31F3N3O7P. The van der Waals surface area contributed by atoms with Gasteiger partial charge in [-0.15, -0.1) is 0 Å². The number of methoxy groups -OCH3 is 1. The van der Waals surface area contributed by atoms with Crippen LogP contribution in [0.4, 0.5) is 13.2 Å². The monoisotopic (exact) mass is 585 g/mol. The van der Waals surface area contributed by atoms with Gasteiger partial charge in [-0.1, -0.05) is 36.4 Å². The van der Waals surface area contributed by atoms with Crippen molar-refractivity contribution in [2.45, 2.75) is 51.0 Å². The lowest BCUT2D eigenvalue weighted by atomic mass is 10.0. The first kappa shape index (κ1) is 31.4. The van der Waals surface area contributed by atoms with Gasteiger partial charge in [0.15, 0.2) is 5.60 Å². The van der Waals surface area contributed by atoms with E-state index in [0.29, 0.717) is 24.3 Å². The Morgan fingerprint density at radius 2 is 1.93 bits per heavy atom. The number of aldehydes is 1. The van der Waals surface area contributed by atoms with Gasteiger partial charge < -0.3 is 23.3 Å². The lowest BCUT2D eigenvalue weighted by molar-refractivity contribution is -0.165. The molecule has 0 amide bonds. The van der Waals surface area contributed by atoms with E-state index in [1.165, 1.54) is 0 Å². The molecule has 1 aromatic heterocycles. The number of fused-ring (bicyclic) bond motifs is 1. The van der Waals surface area contributed by atoms with Crippen molar-refractivity contribution in [3.05, 3.63) is 75.3 Å². The van der Waals surface area contributed by atoms with Crippen molar-refractivity contribution in [2.75, 3.05) is 20.3 Å². The Labute approximate surface area is 229 Å². The highest BCUT2D eigenvalue weighted by Crippen LogP contribution is 2.45. The van der Waals surface area contributed by atoms with Gasteiger partial charge in [-0.2, -0.15) is 4.39 Å². The number of rotatable bonds is 11. The molecule has 10 nitrogen and oxygen atoms in total. The number of carbonyl (C=O) groups excluding carboxylic acids is 1. The minimum absolute atomic E-state index is 0.0526. The highest BCUT2D eigenvalue weighted by atomic mass is 31.2. The third kappa shape index (κ3) is 7.98. The van der Waals surface area contributed by atoms with Crippen LogP contribution in [0, 0.1) is 5.82 Å². The Morgan fingerprint density at radius 3 is 2.60 bits per heavy atom. The van der Waals surface area contributed by atoms with E-state index in [1.807, 2.05) is 44.2 Å². The van der Waals surface area contributed by atoms with Crippen LogP contribution in [-0.4, -0.2) is 54.2 Å². The Balaban J connectivity index is 0.000000810. The van der Waals surface area contributed by atoms with E-state index in [4.69, 9.17) is 18.5 Å². The van der Waals surface area contributed by atoms with E-state index >= 15 is 0 Å². The van der Waals surface area contributed by atoms with Crippen LogP contribution in [0.15, 0.2) is 58.3 Å². The average molecular weight is 586 g/mol. The topological polar surface area (TPSA) is 121 Å². The van der Waals surface area contributed by atoms with E-state index in [1.54, 1.807) is 24.2 Å². The third-order valence-electron chi connectivity index (χ3n) is 5.95. The smallest absolute Gasteiger partial charge is 0.330 e. The number of alkyl halides is 2. The summed E-state index contributed by atoms with van der Waals surface area (Å²) in [4.78, 5) is 36.0. The van der Waals surface area contributed by atoms with Gasteiger partial charge in [-0.05, 0) is 38.1 Å². The molecule has 0 radical (unpaired) electrons. The number of halogens is 3. The molecule has 4 rings (SSSR count). The van der Waals surface area contributed by atoms with Crippen molar-refractivity contribution >= 4 is 25.6 Å². The fourth-order valence-corrected chi connectivity index (χ4v) is 4.81. The number of benzene rings is 2. The second kappa shape index (κ2) is 14.5. The number of hydrogen-bond donors (Lipinski definition) is 2. The molecule has 2 aromatic carbocycles. The summed E-state index contributed by atoms with van der Waals surface area (Å²) >= 11 is 0. The summed E-state index contributed by atoms with van der Waals surface area (Å²) in [6, 6.07) is 12.7. The summed E-state index contributed by atoms with van der Waals surface area (Å²) < 4.78 is 64.5. The maximum atomic E-state index is 14.1. The summed E-state index contributed by atoms with van der Waals surface area (Å²) in [6.07, 6.45) is -2.94. The summed E-state index contributed by atoms with van der Waals surface area (Å²) in [7, 11) is -0.345. The van der Waals surface area contributed by atoms with Crippen LogP contribution >= 0.6 is 8.53 Å². The molecule has 0 bridgehead atoms. The second-order valence-electron chi connectivity index (χ2n) is 9.03. The molecular weight excluding hydrogens is 554 g/mol.